The second kappa shape index (κ2) is 6.30. The Labute approximate surface area is 124 Å². The molecule has 0 saturated heterocycles. The first kappa shape index (κ1) is 14.9. The van der Waals surface area contributed by atoms with Crippen molar-refractivity contribution in [3.05, 3.63) is 41.2 Å². The number of nitrogens with one attached hydrogen (secondary N) is 1. The van der Waals surface area contributed by atoms with Crippen LogP contribution in [0.1, 0.15) is 30.8 Å². The van der Waals surface area contributed by atoms with Crippen LogP contribution in [0.4, 0.5) is 11.6 Å². The van der Waals surface area contributed by atoms with Gasteiger partial charge in [-0.3, -0.25) is 5.41 Å². The number of hydrogen-bond acceptors (Lipinski definition) is 5. The van der Waals surface area contributed by atoms with E-state index < -0.39 is 0 Å². The molecule has 2 aromatic rings. The Kier molecular flexibility index (Phi) is 4.47. The van der Waals surface area contributed by atoms with E-state index in [-0.39, 0.29) is 5.84 Å². The second-order valence-corrected chi connectivity index (χ2v) is 4.73. The summed E-state index contributed by atoms with van der Waals surface area (Å²) in [5.41, 5.74) is 9.00. The van der Waals surface area contributed by atoms with Crippen molar-refractivity contribution in [2.75, 3.05) is 11.9 Å². The fourth-order valence-electron chi connectivity index (χ4n) is 2.05. The summed E-state index contributed by atoms with van der Waals surface area (Å²) in [6.45, 7) is 4.11. The topological polar surface area (TPSA) is 91.8 Å². The molecular weight excluding hydrogens is 264 g/mol. The molecule has 110 valence electrons. The van der Waals surface area contributed by atoms with E-state index in [0.29, 0.717) is 11.5 Å². The maximum absolute atomic E-state index is 7.40. The number of nitrogens with two attached hydrogens (primary N) is 1. The van der Waals surface area contributed by atoms with E-state index in [1.165, 1.54) is 0 Å². The molecule has 1 aromatic carbocycles. The van der Waals surface area contributed by atoms with Crippen molar-refractivity contribution < 1.29 is 0 Å². The van der Waals surface area contributed by atoms with E-state index in [4.69, 9.17) is 11.1 Å². The fourth-order valence-corrected chi connectivity index (χ4v) is 2.05. The summed E-state index contributed by atoms with van der Waals surface area (Å²) < 4.78 is 0. The third-order valence-electron chi connectivity index (χ3n) is 3.36. The SMILES string of the molecule is CCc1nnc(N(C)c2ccc(C(=N)N)cc2)nc1CC. The predicted octanol–water partition coefficient (Wildman–Crippen LogP) is 2.05. The number of amidine groups is 1. The third kappa shape index (κ3) is 3.16. The molecule has 21 heavy (non-hydrogen) atoms. The van der Waals surface area contributed by atoms with Gasteiger partial charge in [-0.25, -0.2) is 4.98 Å². The summed E-state index contributed by atoms with van der Waals surface area (Å²) in [7, 11) is 1.89. The average Bonchev–Trinajstić information content (AvgIpc) is 2.53. The minimum absolute atomic E-state index is 0.0580. The third-order valence-corrected chi connectivity index (χ3v) is 3.36. The van der Waals surface area contributed by atoms with Crippen molar-refractivity contribution in [2.45, 2.75) is 26.7 Å². The van der Waals surface area contributed by atoms with Gasteiger partial charge in [-0.2, -0.15) is 0 Å². The highest BCUT2D eigenvalue weighted by atomic mass is 15.3. The first-order valence-corrected chi connectivity index (χ1v) is 6.97. The number of nitrogens with zero attached hydrogens (tertiary/aromatic N) is 4. The van der Waals surface area contributed by atoms with Crippen LogP contribution in [0.15, 0.2) is 24.3 Å². The number of aromatic nitrogens is 3. The van der Waals surface area contributed by atoms with Gasteiger partial charge in [-0.05, 0) is 37.1 Å². The monoisotopic (exact) mass is 284 g/mol. The van der Waals surface area contributed by atoms with Gasteiger partial charge < -0.3 is 10.6 Å². The standard InChI is InChI=1S/C15H20N6/c1-4-12-13(5-2)19-20-15(18-12)21(3)11-8-6-10(7-9-11)14(16)17/h6-9H,4-5H2,1-3H3,(H3,16,17). The Morgan fingerprint density at radius 1 is 1.10 bits per heavy atom. The molecule has 0 fully saturated rings. The van der Waals surface area contributed by atoms with E-state index in [1.807, 2.05) is 36.2 Å². The lowest BCUT2D eigenvalue weighted by Gasteiger charge is -2.18. The van der Waals surface area contributed by atoms with E-state index >= 15 is 0 Å². The lowest BCUT2D eigenvalue weighted by molar-refractivity contribution is 0.810. The number of benzene rings is 1. The van der Waals surface area contributed by atoms with E-state index in [0.717, 1.165) is 29.9 Å². The van der Waals surface area contributed by atoms with Crippen molar-refractivity contribution in [3.8, 4) is 0 Å². The Bertz CT molecular complexity index is 635. The van der Waals surface area contributed by atoms with Crippen molar-refractivity contribution in [1.82, 2.24) is 15.2 Å². The summed E-state index contributed by atoms with van der Waals surface area (Å²) in [5, 5.41) is 15.8. The summed E-state index contributed by atoms with van der Waals surface area (Å²) in [4.78, 5) is 6.45. The van der Waals surface area contributed by atoms with Crippen LogP contribution in [-0.2, 0) is 12.8 Å². The van der Waals surface area contributed by atoms with Crippen LogP contribution in [0, 0.1) is 5.41 Å². The Hall–Kier alpha value is -2.50. The van der Waals surface area contributed by atoms with Gasteiger partial charge in [0.15, 0.2) is 0 Å². The van der Waals surface area contributed by atoms with E-state index in [9.17, 15) is 0 Å². The first-order valence-electron chi connectivity index (χ1n) is 6.97. The molecule has 1 heterocycles. The molecule has 0 spiro atoms. The van der Waals surface area contributed by atoms with Gasteiger partial charge in [0, 0.05) is 18.3 Å². The van der Waals surface area contributed by atoms with Crippen LogP contribution in [0.2, 0.25) is 0 Å². The zero-order chi connectivity index (χ0) is 15.4. The highest BCUT2D eigenvalue weighted by Gasteiger charge is 2.11. The molecule has 3 N–H and O–H groups in total. The summed E-state index contributed by atoms with van der Waals surface area (Å²) >= 11 is 0. The van der Waals surface area contributed by atoms with E-state index in [2.05, 4.69) is 29.0 Å². The number of aryl methyl sites for hydroxylation is 2. The van der Waals surface area contributed by atoms with Crippen molar-refractivity contribution in [3.63, 3.8) is 0 Å². The molecule has 0 aliphatic carbocycles. The molecule has 2 rings (SSSR count). The smallest absolute Gasteiger partial charge is 0.249 e. The summed E-state index contributed by atoms with van der Waals surface area (Å²) in [5.74, 6) is 0.627. The van der Waals surface area contributed by atoms with Crippen LogP contribution < -0.4 is 10.6 Å². The number of hydrogen-bond donors (Lipinski definition) is 2. The van der Waals surface area contributed by atoms with Crippen molar-refractivity contribution in [1.29, 1.82) is 5.41 Å². The number of nitrogen functional groups attached to an aromatic ring is 1. The maximum Gasteiger partial charge on any atom is 0.249 e. The van der Waals surface area contributed by atoms with Crippen LogP contribution >= 0.6 is 0 Å². The normalized spacial score (nSPS) is 10.4. The van der Waals surface area contributed by atoms with Crippen LogP contribution in [0.5, 0.6) is 0 Å². The van der Waals surface area contributed by atoms with Crippen LogP contribution in [0.25, 0.3) is 0 Å². The summed E-state index contributed by atoms with van der Waals surface area (Å²) in [6.07, 6.45) is 1.67. The Morgan fingerprint density at radius 3 is 2.24 bits per heavy atom. The Balaban J connectivity index is 2.30. The molecule has 1 aromatic heterocycles. The quantitative estimate of drug-likeness (QED) is 0.647. The van der Waals surface area contributed by atoms with Gasteiger partial charge in [0.1, 0.15) is 5.84 Å². The number of anilines is 2. The van der Waals surface area contributed by atoms with Crippen LogP contribution in [-0.4, -0.2) is 28.1 Å². The van der Waals surface area contributed by atoms with E-state index in [1.54, 1.807) is 0 Å². The zero-order valence-electron chi connectivity index (χ0n) is 12.6. The largest absolute Gasteiger partial charge is 0.384 e. The summed E-state index contributed by atoms with van der Waals surface area (Å²) in [6, 6.07) is 7.39. The molecule has 0 bridgehead atoms. The van der Waals surface area contributed by atoms with Gasteiger partial charge in [0.25, 0.3) is 0 Å². The molecule has 6 heteroatoms. The molecule has 0 radical (unpaired) electrons. The highest BCUT2D eigenvalue weighted by Crippen LogP contribution is 2.20. The molecule has 0 amide bonds. The van der Waals surface area contributed by atoms with Gasteiger partial charge in [0.05, 0.1) is 11.4 Å². The molecule has 0 aliphatic rings. The lowest BCUT2D eigenvalue weighted by Crippen LogP contribution is -2.17. The highest BCUT2D eigenvalue weighted by molar-refractivity contribution is 5.95. The lowest BCUT2D eigenvalue weighted by atomic mass is 10.2. The molecule has 0 aliphatic heterocycles. The molecule has 0 atom stereocenters. The van der Waals surface area contributed by atoms with Gasteiger partial charge in [-0.1, -0.05) is 13.8 Å². The van der Waals surface area contributed by atoms with Crippen molar-refractivity contribution >= 4 is 17.5 Å². The first-order chi connectivity index (χ1) is 10.1. The predicted molar refractivity (Wildman–Crippen MR) is 84.1 cm³/mol. The Morgan fingerprint density at radius 2 is 1.71 bits per heavy atom. The molecule has 6 nitrogen and oxygen atoms in total. The van der Waals surface area contributed by atoms with Gasteiger partial charge >= 0.3 is 0 Å². The second-order valence-electron chi connectivity index (χ2n) is 4.73. The van der Waals surface area contributed by atoms with Crippen LogP contribution in [0.3, 0.4) is 0 Å². The fraction of sp³-hybridized carbons (Fsp3) is 0.333. The maximum atomic E-state index is 7.40. The van der Waals surface area contributed by atoms with Gasteiger partial charge in [-0.15, -0.1) is 10.2 Å². The number of rotatable bonds is 5. The van der Waals surface area contributed by atoms with Gasteiger partial charge in [0.2, 0.25) is 5.95 Å². The minimum atomic E-state index is 0.0580. The minimum Gasteiger partial charge on any atom is -0.384 e. The van der Waals surface area contributed by atoms with Crippen molar-refractivity contribution in [2.24, 2.45) is 5.73 Å². The molecular formula is C15H20N6. The average molecular weight is 284 g/mol. The molecule has 0 saturated carbocycles. The zero-order valence-corrected chi connectivity index (χ0v) is 12.6. The molecule has 0 unspecified atom stereocenters.